The highest BCUT2D eigenvalue weighted by Gasteiger charge is 2.39. The summed E-state index contributed by atoms with van der Waals surface area (Å²) in [4.78, 5) is 15.3. The van der Waals surface area contributed by atoms with E-state index in [1.54, 1.807) is 0 Å². The van der Waals surface area contributed by atoms with Crippen molar-refractivity contribution in [2.45, 2.75) is 75.2 Å². The van der Waals surface area contributed by atoms with E-state index in [2.05, 4.69) is 65.6 Å². The highest BCUT2D eigenvalue weighted by Crippen LogP contribution is 2.47. The number of ketones is 1. The molecule has 1 aliphatic carbocycles. The predicted molar refractivity (Wildman–Crippen MR) is 119 cm³/mol. The van der Waals surface area contributed by atoms with Gasteiger partial charge in [0.15, 0.2) is 10.9 Å². The summed E-state index contributed by atoms with van der Waals surface area (Å²) in [5.74, 6) is 1.48. The molecular formula is C23H30N4OS. The number of anilines is 1. The topological polar surface area (TPSA) is 51.0 Å². The van der Waals surface area contributed by atoms with Gasteiger partial charge in [-0.25, -0.2) is 0 Å². The number of fused-ring (bicyclic) bond motifs is 1. The fraction of sp³-hybridized carbons (Fsp3) is 0.522. The molecule has 1 atom stereocenters. The number of benzene rings is 1. The summed E-state index contributed by atoms with van der Waals surface area (Å²) in [6.07, 6.45) is 4.18. The van der Waals surface area contributed by atoms with Crippen molar-refractivity contribution >= 4 is 23.2 Å². The van der Waals surface area contributed by atoms with E-state index >= 15 is 0 Å². The Bertz CT molecular complexity index is 971. The highest BCUT2D eigenvalue weighted by atomic mass is 32.2. The van der Waals surface area contributed by atoms with Gasteiger partial charge in [0.05, 0.1) is 5.25 Å². The van der Waals surface area contributed by atoms with Crippen LogP contribution in [0.25, 0.3) is 0 Å². The molecule has 4 rings (SSSR count). The molecule has 154 valence electrons. The summed E-state index contributed by atoms with van der Waals surface area (Å²) in [5.41, 5.74) is 3.29. The van der Waals surface area contributed by atoms with Gasteiger partial charge in [-0.15, -0.1) is 10.2 Å². The van der Waals surface area contributed by atoms with E-state index in [-0.39, 0.29) is 16.4 Å². The van der Waals surface area contributed by atoms with Gasteiger partial charge in [0, 0.05) is 41.9 Å². The maximum atomic E-state index is 13.1. The summed E-state index contributed by atoms with van der Waals surface area (Å²) in [7, 11) is 2.04. The van der Waals surface area contributed by atoms with E-state index in [1.807, 2.05) is 26.1 Å². The molecular weight excluding hydrogens is 380 g/mol. The third-order valence-corrected chi connectivity index (χ3v) is 7.10. The lowest BCUT2D eigenvalue weighted by Crippen LogP contribution is -2.25. The number of hydrogen-bond donors (Lipinski definition) is 0. The van der Waals surface area contributed by atoms with Crippen LogP contribution >= 0.6 is 11.8 Å². The number of likely N-dealkylation sites (N-methyl/N-ethyl adjacent to an activating group) is 1. The number of thioether (sulfide) groups is 1. The van der Waals surface area contributed by atoms with Crippen molar-refractivity contribution in [3.05, 3.63) is 47.4 Å². The van der Waals surface area contributed by atoms with Crippen molar-refractivity contribution in [3.8, 4) is 0 Å². The second-order valence-corrected chi connectivity index (χ2v) is 10.3. The maximum Gasteiger partial charge on any atom is 0.192 e. The summed E-state index contributed by atoms with van der Waals surface area (Å²) < 4.78 is 2.26. The van der Waals surface area contributed by atoms with Gasteiger partial charge in [0.1, 0.15) is 5.82 Å². The Balaban J connectivity index is 1.57. The lowest BCUT2D eigenvalue weighted by atomic mass is 9.83. The first-order valence-electron chi connectivity index (χ1n) is 10.4. The standard InChI is InChI=1S/C23H30N4OS/c1-14(2)21-24-25-22(27(21)16-11-12-16)29-15(3)19(28)13-20-23(4,5)17-9-7-8-10-18(17)26(20)6/h7-10,13-16H,11-12H2,1-6H3/b20-13+/t15-/m1/s1. The summed E-state index contributed by atoms with van der Waals surface area (Å²) in [6, 6.07) is 8.88. The minimum atomic E-state index is -0.211. The van der Waals surface area contributed by atoms with Crippen LogP contribution in [0.2, 0.25) is 0 Å². The second kappa shape index (κ2) is 7.31. The van der Waals surface area contributed by atoms with Crippen LogP contribution in [0, 0.1) is 0 Å². The Kier molecular flexibility index (Phi) is 5.09. The fourth-order valence-electron chi connectivity index (χ4n) is 4.17. The van der Waals surface area contributed by atoms with Gasteiger partial charge in [-0.05, 0) is 31.4 Å². The molecule has 1 aromatic carbocycles. The number of carbonyl (C=O) groups is 1. The lowest BCUT2D eigenvalue weighted by molar-refractivity contribution is -0.114. The first-order valence-corrected chi connectivity index (χ1v) is 11.3. The van der Waals surface area contributed by atoms with Gasteiger partial charge in [0.25, 0.3) is 0 Å². The van der Waals surface area contributed by atoms with Crippen LogP contribution in [-0.2, 0) is 10.2 Å². The van der Waals surface area contributed by atoms with Crippen molar-refractivity contribution in [3.63, 3.8) is 0 Å². The molecule has 0 bridgehead atoms. The number of carbonyl (C=O) groups excluding carboxylic acids is 1. The number of aromatic nitrogens is 3. The number of allylic oxidation sites excluding steroid dienone is 2. The van der Waals surface area contributed by atoms with Crippen LogP contribution in [0.1, 0.15) is 70.8 Å². The lowest BCUT2D eigenvalue weighted by Gasteiger charge is -2.24. The maximum absolute atomic E-state index is 13.1. The molecule has 6 heteroatoms. The molecule has 5 nitrogen and oxygen atoms in total. The smallest absolute Gasteiger partial charge is 0.192 e. The Morgan fingerprint density at radius 1 is 1.21 bits per heavy atom. The SMILES string of the molecule is CC(C)c1nnc(S[C@H](C)C(=O)/C=C2/N(C)c3ccccc3C2(C)C)n1C1CC1. The van der Waals surface area contributed by atoms with Crippen LogP contribution in [-0.4, -0.2) is 32.8 Å². The molecule has 0 spiro atoms. The normalized spacial score (nSPS) is 20.4. The van der Waals surface area contributed by atoms with Crippen molar-refractivity contribution < 1.29 is 4.79 Å². The van der Waals surface area contributed by atoms with E-state index in [4.69, 9.17) is 0 Å². The van der Waals surface area contributed by atoms with Crippen LogP contribution in [0.4, 0.5) is 5.69 Å². The van der Waals surface area contributed by atoms with Crippen molar-refractivity contribution in [2.24, 2.45) is 0 Å². The molecule has 0 radical (unpaired) electrons. The number of rotatable bonds is 6. The van der Waals surface area contributed by atoms with Crippen LogP contribution in [0.15, 0.2) is 41.2 Å². The molecule has 0 amide bonds. The molecule has 1 fully saturated rings. The Labute approximate surface area is 177 Å². The Morgan fingerprint density at radius 3 is 2.52 bits per heavy atom. The second-order valence-electron chi connectivity index (χ2n) is 8.99. The average molecular weight is 411 g/mol. The van der Waals surface area contributed by atoms with Crippen LogP contribution < -0.4 is 4.90 Å². The zero-order chi connectivity index (χ0) is 20.9. The van der Waals surface area contributed by atoms with Gasteiger partial charge < -0.3 is 9.47 Å². The first-order chi connectivity index (χ1) is 13.7. The number of hydrogen-bond acceptors (Lipinski definition) is 5. The Morgan fingerprint density at radius 2 is 1.90 bits per heavy atom. The quantitative estimate of drug-likeness (QED) is 0.490. The molecule has 1 saturated carbocycles. The molecule has 0 N–H and O–H groups in total. The molecule has 2 aromatic rings. The number of para-hydroxylation sites is 1. The minimum absolute atomic E-state index is 0.120. The number of nitrogens with zero attached hydrogens (tertiary/aromatic N) is 4. The Hall–Kier alpha value is -2.08. The summed E-state index contributed by atoms with van der Waals surface area (Å²) >= 11 is 1.53. The van der Waals surface area contributed by atoms with Gasteiger partial charge in [-0.2, -0.15) is 0 Å². The van der Waals surface area contributed by atoms with E-state index in [0.29, 0.717) is 12.0 Å². The zero-order valence-corrected chi connectivity index (χ0v) is 19.0. The van der Waals surface area contributed by atoms with E-state index in [0.717, 1.165) is 16.7 Å². The average Bonchev–Trinajstić information content (AvgIpc) is 3.40. The largest absolute Gasteiger partial charge is 0.347 e. The van der Waals surface area contributed by atoms with Gasteiger partial charge in [0.2, 0.25) is 0 Å². The third-order valence-electron chi connectivity index (χ3n) is 6.02. The molecule has 1 aliphatic heterocycles. The van der Waals surface area contributed by atoms with Crippen molar-refractivity contribution in [1.29, 1.82) is 0 Å². The molecule has 29 heavy (non-hydrogen) atoms. The monoisotopic (exact) mass is 410 g/mol. The molecule has 2 heterocycles. The first kappa shape index (κ1) is 20.2. The highest BCUT2D eigenvalue weighted by molar-refractivity contribution is 8.00. The van der Waals surface area contributed by atoms with Crippen molar-refractivity contribution in [1.82, 2.24) is 14.8 Å². The summed E-state index contributed by atoms with van der Waals surface area (Å²) in [5, 5.41) is 9.50. The van der Waals surface area contributed by atoms with E-state index in [1.165, 1.54) is 35.9 Å². The fourth-order valence-corrected chi connectivity index (χ4v) is 5.11. The van der Waals surface area contributed by atoms with Gasteiger partial charge >= 0.3 is 0 Å². The molecule has 2 aliphatic rings. The molecule has 0 unspecified atom stereocenters. The van der Waals surface area contributed by atoms with Crippen LogP contribution in [0.3, 0.4) is 0 Å². The minimum Gasteiger partial charge on any atom is -0.347 e. The van der Waals surface area contributed by atoms with E-state index < -0.39 is 0 Å². The predicted octanol–water partition coefficient (Wildman–Crippen LogP) is 5.10. The zero-order valence-electron chi connectivity index (χ0n) is 18.1. The molecule has 0 saturated heterocycles. The van der Waals surface area contributed by atoms with Crippen molar-refractivity contribution in [2.75, 3.05) is 11.9 Å². The molecule has 1 aromatic heterocycles. The van der Waals surface area contributed by atoms with E-state index in [9.17, 15) is 4.79 Å². The summed E-state index contributed by atoms with van der Waals surface area (Å²) in [6.45, 7) is 10.6. The van der Waals surface area contributed by atoms with Crippen LogP contribution in [0.5, 0.6) is 0 Å². The van der Waals surface area contributed by atoms with Gasteiger partial charge in [-0.3, -0.25) is 4.79 Å². The van der Waals surface area contributed by atoms with Gasteiger partial charge in [-0.1, -0.05) is 57.7 Å². The third kappa shape index (κ3) is 3.52.